The van der Waals surface area contributed by atoms with E-state index in [2.05, 4.69) is 5.32 Å². The molecule has 0 heterocycles. The Bertz CT molecular complexity index is 404. The minimum Gasteiger partial charge on any atom is -0.392 e. The second-order valence-electron chi connectivity index (χ2n) is 4.08. The largest absolute Gasteiger partial charge is 0.392 e. The standard InChI is InChI=1S/C12H15Cl2NO3/c1-7(16)6-15-12(18)5-11(17)8-2-9(13)4-10(14)3-8/h2-4,7,11,16-17H,5-6H2,1H3,(H,15,18). The van der Waals surface area contributed by atoms with Crippen molar-refractivity contribution in [3.63, 3.8) is 0 Å². The van der Waals surface area contributed by atoms with Crippen LogP contribution in [0.25, 0.3) is 0 Å². The fourth-order valence-corrected chi connectivity index (χ4v) is 1.94. The van der Waals surface area contributed by atoms with Crippen molar-refractivity contribution >= 4 is 29.1 Å². The highest BCUT2D eigenvalue weighted by atomic mass is 35.5. The summed E-state index contributed by atoms with van der Waals surface area (Å²) in [5.74, 6) is -0.348. The van der Waals surface area contributed by atoms with Crippen molar-refractivity contribution < 1.29 is 15.0 Å². The van der Waals surface area contributed by atoms with Gasteiger partial charge < -0.3 is 15.5 Å². The molecular weight excluding hydrogens is 277 g/mol. The summed E-state index contributed by atoms with van der Waals surface area (Å²) in [5, 5.41) is 22.2. The van der Waals surface area contributed by atoms with Gasteiger partial charge in [-0.25, -0.2) is 0 Å². The Morgan fingerprint density at radius 3 is 2.33 bits per heavy atom. The molecule has 0 aliphatic carbocycles. The molecule has 0 saturated carbocycles. The Balaban J connectivity index is 2.59. The van der Waals surface area contributed by atoms with Crippen molar-refractivity contribution in [2.24, 2.45) is 0 Å². The molecule has 1 aromatic rings. The van der Waals surface area contributed by atoms with Crippen molar-refractivity contribution in [3.05, 3.63) is 33.8 Å². The molecule has 0 fully saturated rings. The predicted octanol–water partition coefficient (Wildman–Crippen LogP) is 1.91. The number of halogens is 2. The highest BCUT2D eigenvalue weighted by Gasteiger charge is 2.14. The van der Waals surface area contributed by atoms with Gasteiger partial charge in [0.2, 0.25) is 5.91 Å². The van der Waals surface area contributed by atoms with Crippen molar-refractivity contribution in [2.45, 2.75) is 25.6 Å². The molecule has 0 bridgehead atoms. The number of aliphatic hydroxyl groups excluding tert-OH is 2. The van der Waals surface area contributed by atoms with Crippen LogP contribution in [0, 0.1) is 0 Å². The Labute approximate surface area is 116 Å². The van der Waals surface area contributed by atoms with Crippen LogP contribution >= 0.6 is 23.2 Å². The minimum absolute atomic E-state index is 0.108. The van der Waals surface area contributed by atoms with Crippen LogP contribution in [0.4, 0.5) is 0 Å². The number of amides is 1. The molecular formula is C12H15Cl2NO3. The quantitative estimate of drug-likeness (QED) is 0.776. The molecule has 2 atom stereocenters. The Morgan fingerprint density at radius 1 is 1.28 bits per heavy atom. The van der Waals surface area contributed by atoms with Gasteiger partial charge >= 0.3 is 0 Å². The summed E-state index contributed by atoms with van der Waals surface area (Å²) in [6.45, 7) is 1.72. The summed E-state index contributed by atoms with van der Waals surface area (Å²) in [4.78, 5) is 11.5. The van der Waals surface area contributed by atoms with Crippen LogP contribution < -0.4 is 5.32 Å². The van der Waals surface area contributed by atoms with E-state index in [4.69, 9.17) is 28.3 Å². The van der Waals surface area contributed by atoms with E-state index in [1.165, 1.54) is 0 Å². The van der Waals surface area contributed by atoms with Gasteiger partial charge in [-0.3, -0.25) is 4.79 Å². The van der Waals surface area contributed by atoms with Gasteiger partial charge in [-0.2, -0.15) is 0 Å². The zero-order valence-corrected chi connectivity index (χ0v) is 11.4. The van der Waals surface area contributed by atoms with Gasteiger partial charge in [0.15, 0.2) is 0 Å². The van der Waals surface area contributed by atoms with Crippen LogP contribution in [0.1, 0.15) is 25.0 Å². The summed E-state index contributed by atoms with van der Waals surface area (Å²) in [7, 11) is 0. The molecule has 18 heavy (non-hydrogen) atoms. The van der Waals surface area contributed by atoms with Gasteiger partial charge in [0.1, 0.15) is 0 Å². The SMILES string of the molecule is CC(O)CNC(=O)CC(O)c1cc(Cl)cc(Cl)c1. The molecule has 0 radical (unpaired) electrons. The molecule has 0 aliphatic heterocycles. The third kappa shape index (κ3) is 5.23. The normalized spacial score (nSPS) is 14.1. The zero-order chi connectivity index (χ0) is 13.7. The van der Waals surface area contributed by atoms with Crippen LogP contribution in [0.15, 0.2) is 18.2 Å². The number of hydrogen-bond donors (Lipinski definition) is 3. The number of rotatable bonds is 5. The molecule has 1 amide bonds. The zero-order valence-electron chi connectivity index (χ0n) is 9.86. The van der Waals surface area contributed by atoms with Gasteiger partial charge in [-0.05, 0) is 30.7 Å². The molecule has 100 valence electrons. The first-order chi connectivity index (χ1) is 8.38. The number of carbonyl (C=O) groups excluding carboxylic acids is 1. The fourth-order valence-electron chi connectivity index (χ4n) is 1.39. The molecule has 0 aromatic heterocycles. The molecule has 2 unspecified atom stereocenters. The summed E-state index contributed by atoms with van der Waals surface area (Å²) >= 11 is 11.6. The Hall–Kier alpha value is -0.810. The van der Waals surface area contributed by atoms with Crippen LogP contribution in [0.3, 0.4) is 0 Å². The van der Waals surface area contributed by atoms with Gasteiger partial charge in [0, 0.05) is 16.6 Å². The molecule has 1 aromatic carbocycles. The molecule has 0 aliphatic rings. The average Bonchev–Trinajstić information content (AvgIpc) is 2.25. The highest BCUT2D eigenvalue weighted by molar-refractivity contribution is 6.34. The second kappa shape index (κ2) is 6.95. The lowest BCUT2D eigenvalue weighted by Gasteiger charge is -2.12. The highest BCUT2D eigenvalue weighted by Crippen LogP contribution is 2.25. The number of benzene rings is 1. The van der Waals surface area contributed by atoms with E-state index in [0.29, 0.717) is 15.6 Å². The van der Waals surface area contributed by atoms with E-state index in [1.54, 1.807) is 25.1 Å². The van der Waals surface area contributed by atoms with Gasteiger partial charge in [0.25, 0.3) is 0 Å². The lowest BCUT2D eigenvalue weighted by Crippen LogP contribution is -2.31. The van der Waals surface area contributed by atoms with Gasteiger partial charge in [0.05, 0.1) is 18.6 Å². The van der Waals surface area contributed by atoms with E-state index in [9.17, 15) is 9.90 Å². The predicted molar refractivity (Wildman–Crippen MR) is 70.7 cm³/mol. The van der Waals surface area contributed by atoms with E-state index >= 15 is 0 Å². The Morgan fingerprint density at radius 2 is 1.83 bits per heavy atom. The van der Waals surface area contributed by atoms with E-state index in [0.717, 1.165) is 0 Å². The maximum Gasteiger partial charge on any atom is 0.223 e. The first kappa shape index (κ1) is 15.2. The third-order valence-corrected chi connectivity index (χ3v) is 2.68. The first-order valence-electron chi connectivity index (χ1n) is 5.47. The third-order valence-electron chi connectivity index (χ3n) is 2.24. The average molecular weight is 292 g/mol. The van der Waals surface area contributed by atoms with Crippen molar-refractivity contribution in [2.75, 3.05) is 6.54 Å². The Kier molecular flexibility index (Phi) is 5.88. The second-order valence-corrected chi connectivity index (χ2v) is 4.95. The summed E-state index contributed by atoms with van der Waals surface area (Å²) in [6.07, 6.45) is -1.70. The topological polar surface area (TPSA) is 69.6 Å². The lowest BCUT2D eigenvalue weighted by atomic mass is 10.1. The van der Waals surface area contributed by atoms with Crippen LogP contribution in [-0.4, -0.2) is 28.8 Å². The van der Waals surface area contributed by atoms with Crippen LogP contribution in [0.2, 0.25) is 10.0 Å². The molecule has 1 rings (SSSR count). The molecule has 4 nitrogen and oxygen atoms in total. The maximum atomic E-state index is 11.5. The minimum atomic E-state index is -0.977. The van der Waals surface area contributed by atoms with E-state index in [-0.39, 0.29) is 18.9 Å². The molecule has 0 spiro atoms. The number of aliphatic hydroxyl groups is 2. The van der Waals surface area contributed by atoms with E-state index in [1.807, 2.05) is 0 Å². The van der Waals surface area contributed by atoms with Crippen molar-refractivity contribution in [3.8, 4) is 0 Å². The lowest BCUT2D eigenvalue weighted by molar-refractivity contribution is -0.123. The maximum absolute atomic E-state index is 11.5. The summed E-state index contributed by atoms with van der Waals surface area (Å²) in [5.41, 5.74) is 0.486. The fraction of sp³-hybridized carbons (Fsp3) is 0.417. The molecule has 6 heteroatoms. The van der Waals surface area contributed by atoms with Gasteiger partial charge in [-0.15, -0.1) is 0 Å². The van der Waals surface area contributed by atoms with Gasteiger partial charge in [-0.1, -0.05) is 23.2 Å². The van der Waals surface area contributed by atoms with Crippen molar-refractivity contribution in [1.82, 2.24) is 5.32 Å². The summed E-state index contributed by atoms with van der Waals surface area (Å²) < 4.78 is 0. The number of hydrogen-bond acceptors (Lipinski definition) is 3. The number of carbonyl (C=O) groups is 1. The number of nitrogens with one attached hydrogen (secondary N) is 1. The monoisotopic (exact) mass is 291 g/mol. The first-order valence-corrected chi connectivity index (χ1v) is 6.23. The molecule has 0 saturated heterocycles. The van der Waals surface area contributed by atoms with E-state index < -0.39 is 12.2 Å². The summed E-state index contributed by atoms with van der Waals surface area (Å²) in [6, 6.07) is 4.66. The smallest absolute Gasteiger partial charge is 0.223 e. The molecule has 3 N–H and O–H groups in total. The van der Waals surface area contributed by atoms with Crippen molar-refractivity contribution in [1.29, 1.82) is 0 Å². The van der Waals surface area contributed by atoms with Crippen LogP contribution in [-0.2, 0) is 4.79 Å². The van der Waals surface area contributed by atoms with Crippen LogP contribution in [0.5, 0.6) is 0 Å².